The zero-order chi connectivity index (χ0) is 12.2. The zero-order valence-electron chi connectivity index (χ0n) is 8.40. The molecule has 2 rings (SSSR count). The van der Waals surface area contributed by atoms with Gasteiger partial charge in [-0.2, -0.15) is 0 Å². The van der Waals surface area contributed by atoms with Crippen LogP contribution in [0.1, 0.15) is 26.3 Å². The van der Waals surface area contributed by atoms with E-state index in [1.54, 1.807) is 6.92 Å². The van der Waals surface area contributed by atoms with E-state index in [4.69, 9.17) is 34.8 Å². The number of hydrogen-bond acceptors (Lipinski definition) is 2. The highest BCUT2D eigenvalue weighted by Crippen LogP contribution is 2.41. The zero-order valence-corrected chi connectivity index (χ0v) is 10.7. The Balaban J connectivity index is 2.91. The third kappa shape index (κ3) is 1.29. The van der Waals surface area contributed by atoms with Gasteiger partial charge in [0, 0.05) is 7.05 Å². The van der Waals surface area contributed by atoms with Crippen molar-refractivity contribution in [1.29, 1.82) is 0 Å². The molecule has 1 aromatic carbocycles. The van der Waals surface area contributed by atoms with Gasteiger partial charge in [0.1, 0.15) is 0 Å². The van der Waals surface area contributed by atoms with Gasteiger partial charge in [-0.1, -0.05) is 34.8 Å². The number of amides is 2. The van der Waals surface area contributed by atoms with Crippen LogP contribution in [-0.2, 0) is 0 Å². The van der Waals surface area contributed by atoms with Gasteiger partial charge in [0.25, 0.3) is 11.8 Å². The van der Waals surface area contributed by atoms with Crippen LogP contribution in [0.25, 0.3) is 0 Å². The molecule has 1 aromatic rings. The maximum atomic E-state index is 11.8. The van der Waals surface area contributed by atoms with E-state index in [9.17, 15) is 9.59 Å². The summed E-state index contributed by atoms with van der Waals surface area (Å²) in [6.07, 6.45) is 0. The van der Waals surface area contributed by atoms with E-state index in [1.165, 1.54) is 7.05 Å². The molecule has 0 spiro atoms. The lowest BCUT2D eigenvalue weighted by atomic mass is 10.0. The number of rotatable bonds is 0. The van der Waals surface area contributed by atoms with Crippen molar-refractivity contribution in [3.63, 3.8) is 0 Å². The number of benzene rings is 1. The fourth-order valence-electron chi connectivity index (χ4n) is 1.67. The van der Waals surface area contributed by atoms with Crippen LogP contribution in [0.3, 0.4) is 0 Å². The Kier molecular flexibility index (Phi) is 2.65. The van der Waals surface area contributed by atoms with Crippen molar-refractivity contribution in [2.24, 2.45) is 0 Å². The molecule has 0 fully saturated rings. The lowest BCUT2D eigenvalue weighted by Gasteiger charge is -2.07. The molecule has 1 heterocycles. The lowest BCUT2D eigenvalue weighted by molar-refractivity contribution is 0.0693. The molecular formula is C10H6Cl3NO2. The van der Waals surface area contributed by atoms with E-state index < -0.39 is 11.8 Å². The molecule has 3 nitrogen and oxygen atoms in total. The highest BCUT2D eigenvalue weighted by Gasteiger charge is 2.38. The summed E-state index contributed by atoms with van der Waals surface area (Å²) in [4.78, 5) is 24.5. The number of halogens is 3. The molecule has 0 radical (unpaired) electrons. The van der Waals surface area contributed by atoms with Gasteiger partial charge < -0.3 is 0 Å². The molecule has 1 aliphatic rings. The summed E-state index contributed by atoms with van der Waals surface area (Å²) in [7, 11) is 1.39. The van der Waals surface area contributed by atoms with Crippen LogP contribution in [0.2, 0.25) is 15.1 Å². The summed E-state index contributed by atoms with van der Waals surface area (Å²) in [6, 6.07) is 0. The van der Waals surface area contributed by atoms with Crippen molar-refractivity contribution in [3.8, 4) is 0 Å². The molecule has 0 N–H and O–H groups in total. The molecule has 0 atom stereocenters. The molecule has 1 aliphatic heterocycles. The Morgan fingerprint density at radius 3 is 1.94 bits per heavy atom. The van der Waals surface area contributed by atoms with Gasteiger partial charge in [-0.3, -0.25) is 14.5 Å². The monoisotopic (exact) mass is 277 g/mol. The molecule has 0 saturated carbocycles. The van der Waals surface area contributed by atoms with Crippen molar-refractivity contribution in [3.05, 3.63) is 31.8 Å². The Morgan fingerprint density at radius 1 is 0.875 bits per heavy atom. The molecule has 84 valence electrons. The second kappa shape index (κ2) is 3.62. The summed E-state index contributed by atoms with van der Waals surface area (Å²) in [5.41, 5.74) is 0.863. The maximum absolute atomic E-state index is 11.8. The fraction of sp³-hybridized carbons (Fsp3) is 0.200. The number of carbonyl (C=O) groups excluding carboxylic acids is 2. The fourth-order valence-corrected chi connectivity index (χ4v) is 2.42. The summed E-state index contributed by atoms with van der Waals surface area (Å²) in [6.45, 7) is 1.63. The third-order valence-electron chi connectivity index (χ3n) is 2.60. The first-order valence-electron chi connectivity index (χ1n) is 4.37. The van der Waals surface area contributed by atoms with Crippen molar-refractivity contribution in [2.45, 2.75) is 6.92 Å². The smallest absolute Gasteiger partial charge is 0.262 e. The van der Waals surface area contributed by atoms with Crippen LogP contribution < -0.4 is 0 Å². The Hall–Kier alpha value is -0.770. The van der Waals surface area contributed by atoms with Crippen molar-refractivity contribution in [2.75, 3.05) is 7.05 Å². The molecule has 0 bridgehead atoms. The number of imide groups is 1. The van der Waals surface area contributed by atoms with Crippen molar-refractivity contribution < 1.29 is 9.59 Å². The predicted octanol–water partition coefficient (Wildman–Crippen LogP) is 3.18. The Morgan fingerprint density at radius 2 is 1.38 bits per heavy atom. The average Bonchev–Trinajstić information content (AvgIpc) is 2.48. The first-order valence-corrected chi connectivity index (χ1v) is 5.50. The van der Waals surface area contributed by atoms with Gasteiger partial charge in [0.2, 0.25) is 0 Å². The van der Waals surface area contributed by atoms with E-state index in [0.717, 1.165) is 4.90 Å². The molecule has 2 amide bonds. The predicted molar refractivity (Wildman–Crippen MR) is 62.6 cm³/mol. The van der Waals surface area contributed by atoms with Crippen LogP contribution in [0, 0.1) is 6.92 Å². The highest BCUT2D eigenvalue weighted by atomic mass is 35.5. The third-order valence-corrected chi connectivity index (χ3v) is 4.02. The molecule has 0 aliphatic carbocycles. The van der Waals surface area contributed by atoms with E-state index in [1.807, 2.05) is 0 Å². The van der Waals surface area contributed by atoms with Crippen molar-refractivity contribution in [1.82, 2.24) is 4.90 Å². The summed E-state index contributed by atoms with van der Waals surface area (Å²) in [5, 5.41) is 0.355. The number of fused-ring (bicyclic) bond motifs is 1. The minimum Gasteiger partial charge on any atom is -0.277 e. The second-order valence-corrected chi connectivity index (χ2v) is 4.62. The van der Waals surface area contributed by atoms with Gasteiger partial charge in [0.05, 0.1) is 26.2 Å². The Bertz CT molecular complexity index is 493. The average molecular weight is 279 g/mol. The summed E-state index contributed by atoms with van der Waals surface area (Å²) >= 11 is 17.7. The van der Waals surface area contributed by atoms with Gasteiger partial charge in [-0.15, -0.1) is 0 Å². The van der Waals surface area contributed by atoms with Crippen LogP contribution in [-0.4, -0.2) is 23.8 Å². The highest BCUT2D eigenvalue weighted by molar-refractivity contribution is 6.51. The summed E-state index contributed by atoms with van der Waals surface area (Å²) in [5.74, 6) is -0.857. The van der Waals surface area contributed by atoms with E-state index in [2.05, 4.69) is 0 Å². The van der Waals surface area contributed by atoms with Gasteiger partial charge in [0.15, 0.2) is 0 Å². The minimum absolute atomic E-state index is 0.0370. The molecule has 0 aromatic heterocycles. The molecule has 0 saturated heterocycles. The molecule has 6 heteroatoms. The van der Waals surface area contributed by atoms with Gasteiger partial charge in [-0.05, 0) is 12.5 Å². The number of nitrogens with zero attached hydrogens (tertiary/aromatic N) is 1. The van der Waals surface area contributed by atoms with Gasteiger partial charge in [-0.25, -0.2) is 0 Å². The lowest BCUT2D eigenvalue weighted by Crippen LogP contribution is -2.24. The number of hydrogen-bond donors (Lipinski definition) is 0. The summed E-state index contributed by atoms with van der Waals surface area (Å²) < 4.78 is 0. The number of carbonyl (C=O) groups is 2. The van der Waals surface area contributed by atoms with Gasteiger partial charge >= 0.3 is 0 Å². The van der Waals surface area contributed by atoms with E-state index in [0.29, 0.717) is 5.56 Å². The van der Waals surface area contributed by atoms with E-state index in [-0.39, 0.29) is 26.2 Å². The molecule has 16 heavy (non-hydrogen) atoms. The molecule has 0 unspecified atom stereocenters. The first-order chi connectivity index (χ1) is 7.37. The second-order valence-electron chi connectivity index (χ2n) is 3.49. The van der Waals surface area contributed by atoms with Crippen LogP contribution in [0.5, 0.6) is 0 Å². The SMILES string of the molecule is Cc1c(Cl)c(Cl)c(Cl)c2c1C(=O)N(C)C2=O. The maximum Gasteiger partial charge on any atom is 0.262 e. The van der Waals surface area contributed by atoms with Crippen molar-refractivity contribution >= 4 is 46.6 Å². The minimum atomic E-state index is -0.452. The first kappa shape index (κ1) is 11.7. The normalized spacial score (nSPS) is 14.7. The van der Waals surface area contributed by atoms with E-state index >= 15 is 0 Å². The van der Waals surface area contributed by atoms with Crippen LogP contribution in [0.4, 0.5) is 0 Å². The Labute approximate surface area is 107 Å². The topological polar surface area (TPSA) is 37.4 Å². The van der Waals surface area contributed by atoms with Crippen LogP contribution >= 0.6 is 34.8 Å². The van der Waals surface area contributed by atoms with Crippen LogP contribution in [0.15, 0.2) is 0 Å². The molecular weight excluding hydrogens is 272 g/mol. The standard InChI is InChI=1S/C10H6Cl3NO2/c1-3-4-5(7(12)8(13)6(3)11)10(16)14(2)9(4)15/h1-2H3. The quantitative estimate of drug-likeness (QED) is 0.540. The largest absolute Gasteiger partial charge is 0.277 e.